The Morgan fingerprint density at radius 1 is 0.241 bits per heavy atom. The van der Waals surface area contributed by atoms with Gasteiger partial charge in [-0.25, -0.2) is 8.78 Å². The molecule has 0 saturated heterocycles. The maximum absolute atomic E-state index is 13.8. The highest BCUT2D eigenvalue weighted by Crippen LogP contribution is 2.37. The van der Waals surface area contributed by atoms with Gasteiger partial charge in [0.05, 0.1) is 5.56 Å². The lowest BCUT2D eigenvalue weighted by atomic mass is 9.79. The minimum absolute atomic E-state index is 0. The molecule has 0 N–H and O–H groups in total. The van der Waals surface area contributed by atoms with Crippen molar-refractivity contribution in [3.63, 3.8) is 0 Å². The van der Waals surface area contributed by atoms with E-state index in [-0.39, 0.29) is 8.42 Å². The van der Waals surface area contributed by atoms with Crippen LogP contribution in [-0.2, 0) is 0 Å². The number of halogens is 2. The van der Waals surface area contributed by atoms with Crippen LogP contribution < -0.4 is 0 Å². The summed E-state index contributed by atoms with van der Waals surface area (Å²) in [5.41, 5.74) is 34.8. The van der Waals surface area contributed by atoms with Gasteiger partial charge < -0.3 is 0 Å². The van der Waals surface area contributed by atoms with Crippen LogP contribution in [0.3, 0.4) is 0 Å². The summed E-state index contributed by atoms with van der Waals surface area (Å²) < 4.78 is 27.6. The number of rotatable bonds is 3. The third-order valence-corrected chi connectivity index (χ3v) is 22.3. The van der Waals surface area contributed by atoms with Gasteiger partial charge in [0.1, 0.15) is 11.6 Å². The predicted octanol–water partition coefficient (Wildman–Crippen LogP) is 27.4. The minimum atomic E-state index is -0.628. The second kappa shape index (κ2) is 39.1. The monoisotopic (exact) mass is 1420 g/mol. The molecule has 0 atom stereocenters. The van der Waals surface area contributed by atoms with Crippen LogP contribution in [0.15, 0.2) is 206 Å². The van der Waals surface area contributed by atoms with E-state index in [0.29, 0.717) is 11.1 Å². The van der Waals surface area contributed by atoms with Crippen LogP contribution in [0.1, 0.15) is 236 Å². The van der Waals surface area contributed by atoms with Crippen molar-refractivity contribution in [2.45, 2.75) is 188 Å². The van der Waals surface area contributed by atoms with Crippen LogP contribution in [0.2, 0.25) is 0 Å². The second-order valence-electron chi connectivity index (χ2n) is 30.4. The van der Waals surface area contributed by atoms with Gasteiger partial charge in [-0.15, -0.1) is 0 Å². The van der Waals surface area contributed by atoms with Crippen molar-refractivity contribution < 1.29 is 11.6 Å². The van der Waals surface area contributed by atoms with Crippen molar-refractivity contribution in [1.29, 1.82) is 0 Å². The summed E-state index contributed by atoms with van der Waals surface area (Å²) in [4.78, 5) is 0. The molecule has 0 bridgehead atoms. The molecule has 2 fully saturated rings. The van der Waals surface area contributed by atoms with E-state index in [1.807, 2.05) is 31.2 Å². The van der Waals surface area contributed by atoms with Crippen molar-refractivity contribution in [2.24, 2.45) is 11.8 Å². The molecule has 11 aromatic rings. The van der Waals surface area contributed by atoms with E-state index in [1.165, 1.54) is 158 Å². The standard InChI is InChI=1S/2C24H28.C22H16F2.2C18H18.2H2/c2*1-17-5-11-23(12-6-17)24-15-9-21(10-16-24)8-14-22-13-7-18(2)19(3)20(22)4;1-15-3-8-18(9-4-15)19-10-5-17(6-11-19)7-12-20-21(23)13-16(2)14-22(20)24;2*1-13-5-8-17(9-6-13)10-12-18-11-7-14(2)15(3)16(18)4;;/h2*7,9-10,13,15-17,23H,5-6,11-12H2,1-4H3;3-6,8-11,13-14H,1-2H3;2*5-9,11H,1-4H3;2*1H. The van der Waals surface area contributed by atoms with Gasteiger partial charge in [0, 0.05) is 52.9 Å². The smallest absolute Gasteiger partial charge is 0.142 e. The van der Waals surface area contributed by atoms with Crippen LogP contribution in [0, 0.1) is 193 Å². The molecule has 0 nitrogen and oxygen atoms in total. The third kappa shape index (κ3) is 23.3. The van der Waals surface area contributed by atoms with Crippen molar-refractivity contribution in [3.05, 3.63) is 374 Å². The first-order chi connectivity index (χ1) is 51.8. The Hall–Kier alpha value is -10.9. The molecule has 0 heterocycles. The average Bonchev–Trinajstić information content (AvgIpc) is 0.857. The molecule has 0 amide bonds. The van der Waals surface area contributed by atoms with Gasteiger partial charge in [-0.1, -0.05) is 225 Å². The van der Waals surface area contributed by atoms with E-state index in [4.69, 9.17) is 0 Å². The lowest BCUT2D eigenvalue weighted by Gasteiger charge is -2.26. The Labute approximate surface area is 651 Å². The zero-order chi connectivity index (χ0) is 77.6. The van der Waals surface area contributed by atoms with E-state index in [9.17, 15) is 8.78 Å². The second-order valence-corrected chi connectivity index (χ2v) is 30.4. The molecule has 108 heavy (non-hydrogen) atoms. The molecule has 11 aromatic carbocycles. The Kier molecular flexibility index (Phi) is 29.4. The highest BCUT2D eigenvalue weighted by Gasteiger charge is 2.21. The molecule has 0 spiro atoms. The van der Waals surface area contributed by atoms with Crippen LogP contribution in [0.25, 0.3) is 11.1 Å². The van der Waals surface area contributed by atoms with E-state index < -0.39 is 11.6 Å². The molecule has 2 heteroatoms. The summed E-state index contributed by atoms with van der Waals surface area (Å²) in [5.74, 6) is 33.8. The summed E-state index contributed by atoms with van der Waals surface area (Å²) in [6, 6.07) is 70.1. The SMILES string of the molecule is Cc1ccc(-c2ccc(C#Cc3c(F)cc(C)cc3F)cc2)cc1.Cc1ccc(C#Cc2ccc(C)c(C)c2C)cc1.Cc1ccc(C#Cc2ccc(C)c(C)c2C)cc1.Cc1ccc(C#Cc2ccc(C3CCC(C)CC3)cc2)c(C)c1C.Cc1ccc(C#Cc2ccc(C3CCC(C)CC3)cc2)c(C)c1C.[HH].[HH]. The van der Waals surface area contributed by atoms with Gasteiger partial charge >= 0.3 is 0 Å². The zero-order valence-corrected chi connectivity index (χ0v) is 67.4. The number of aryl methyl sites for hydroxylation is 8. The molecular weight excluding hydrogens is 1310 g/mol. The average molecular weight is 1420 g/mol. The topological polar surface area (TPSA) is 0 Å². The first-order valence-corrected chi connectivity index (χ1v) is 38.6. The van der Waals surface area contributed by atoms with Crippen molar-refractivity contribution in [3.8, 4) is 70.3 Å². The van der Waals surface area contributed by atoms with Gasteiger partial charge in [0.2, 0.25) is 0 Å². The third-order valence-electron chi connectivity index (χ3n) is 22.3. The zero-order valence-electron chi connectivity index (χ0n) is 67.4. The van der Waals surface area contributed by atoms with Gasteiger partial charge in [0.25, 0.3) is 0 Å². The molecule has 0 radical (unpaired) electrons. The van der Waals surface area contributed by atoms with Crippen LogP contribution >= 0.6 is 0 Å². The van der Waals surface area contributed by atoms with E-state index in [2.05, 4.69) is 340 Å². The maximum atomic E-state index is 13.8. The fourth-order valence-corrected chi connectivity index (χ4v) is 13.5. The molecule has 0 unspecified atom stereocenters. The molecule has 13 rings (SSSR count). The van der Waals surface area contributed by atoms with Crippen molar-refractivity contribution >= 4 is 0 Å². The molecule has 2 aliphatic rings. The summed E-state index contributed by atoms with van der Waals surface area (Å²) >= 11 is 0. The fourth-order valence-electron chi connectivity index (χ4n) is 13.5. The summed E-state index contributed by atoms with van der Waals surface area (Å²) in [7, 11) is 0. The molecular formula is C106H112F2. The molecule has 2 saturated carbocycles. The van der Waals surface area contributed by atoms with E-state index >= 15 is 0 Å². The van der Waals surface area contributed by atoms with Gasteiger partial charge in [-0.05, 0) is 352 Å². The van der Waals surface area contributed by atoms with Gasteiger partial charge in [0.15, 0.2) is 0 Å². The summed E-state index contributed by atoms with van der Waals surface area (Å²) in [6.45, 7) is 38.5. The normalized spacial score (nSPS) is 14.6. The minimum Gasteiger partial charge on any atom is -0.206 e. The number of hydrogen-bond acceptors (Lipinski definition) is 0. The first-order valence-electron chi connectivity index (χ1n) is 38.6. The highest BCUT2D eigenvalue weighted by atomic mass is 19.1. The number of benzene rings is 11. The Morgan fingerprint density at radius 3 is 0.750 bits per heavy atom. The predicted molar refractivity (Wildman–Crippen MR) is 460 cm³/mol. The van der Waals surface area contributed by atoms with E-state index in [1.54, 1.807) is 6.92 Å². The molecule has 0 aliphatic heterocycles. The summed E-state index contributed by atoms with van der Waals surface area (Å²) in [6.07, 6.45) is 10.9. The Balaban J connectivity index is 0.000000191. The van der Waals surface area contributed by atoms with Crippen LogP contribution in [-0.4, -0.2) is 0 Å². The number of hydrogen-bond donors (Lipinski definition) is 0. The first kappa shape index (κ1) is 81.2. The van der Waals surface area contributed by atoms with E-state index in [0.717, 1.165) is 79.3 Å². The van der Waals surface area contributed by atoms with Gasteiger partial charge in [-0.3, -0.25) is 0 Å². The summed E-state index contributed by atoms with van der Waals surface area (Å²) in [5, 5.41) is 0. The maximum Gasteiger partial charge on any atom is 0.142 e. The quantitative estimate of drug-likeness (QED) is 0.155. The van der Waals surface area contributed by atoms with Crippen molar-refractivity contribution in [2.75, 3.05) is 0 Å². The molecule has 2 aliphatic carbocycles. The largest absolute Gasteiger partial charge is 0.206 e. The fraction of sp³-hybridized carbons (Fsp3) is 0.283. The molecule has 550 valence electrons. The lowest BCUT2D eigenvalue weighted by molar-refractivity contribution is 0.348. The lowest BCUT2D eigenvalue weighted by Crippen LogP contribution is -2.10. The Morgan fingerprint density at radius 2 is 0.472 bits per heavy atom. The van der Waals surface area contributed by atoms with Gasteiger partial charge in [-0.2, -0.15) is 0 Å². The van der Waals surface area contributed by atoms with Crippen LogP contribution in [0.4, 0.5) is 8.78 Å². The Bertz CT molecular complexity index is 4970. The highest BCUT2D eigenvalue weighted by molar-refractivity contribution is 5.65. The van der Waals surface area contributed by atoms with Crippen LogP contribution in [0.5, 0.6) is 0 Å². The molecule has 0 aromatic heterocycles. The van der Waals surface area contributed by atoms with Crippen molar-refractivity contribution in [1.82, 2.24) is 0 Å².